The number of rotatable bonds is 7. The van der Waals surface area contributed by atoms with E-state index in [0.717, 1.165) is 16.3 Å². The summed E-state index contributed by atoms with van der Waals surface area (Å²) in [7, 11) is -3.35. The second-order valence-electron chi connectivity index (χ2n) is 7.46. The van der Waals surface area contributed by atoms with Gasteiger partial charge in [0.15, 0.2) is 0 Å². The number of sulfonamides is 1. The van der Waals surface area contributed by atoms with Crippen molar-refractivity contribution < 1.29 is 13.2 Å². The first-order chi connectivity index (χ1) is 13.3. The zero-order valence-electron chi connectivity index (χ0n) is 16.3. The van der Waals surface area contributed by atoms with E-state index in [4.69, 9.17) is 0 Å². The number of hydrogen-bond donors (Lipinski definition) is 1. The van der Waals surface area contributed by atoms with Crippen LogP contribution < -0.4 is 5.32 Å². The Morgan fingerprint density at radius 3 is 2.54 bits per heavy atom. The predicted octanol–water partition coefficient (Wildman–Crippen LogP) is 3.12. The second-order valence-corrected chi connectivity index (χ2v) is 10.3. The van der Waals surface area contributed by atoms with Crippen molar-refractivity contribution in [1.82, 2.24) is 14.6 Å². The minimum absolute atomic E-state index is 0.00666. The summed E-state index contributed by atoms with van der Waals surface area (Å²) in [5.74, 6) is 0.231. The van der Waals surface area contributed by atoms with Crippen LogP contribution in [0.2, 0.25) is 0 Å². The molecule has 2 heterocycles. The molecule has 0 bridgehead atoms. The van der Waals surface area contributed by atoms with Gasteiger partial charge in [-0.25, -0.2) is 17.7 Å². The average molecular weight is 422 g/mol. The van der Waals surface area contributed by atoms with Crippen molar-refractivity contribution in [2.75, 3.05) is 13.1 Å². The molecule has 0 unspecified atom stereocenters. The summed E-state index contributed by atoms with van der Waals surface area (Å²) >= 11 is 1.61. The van der Waals surface area contributed by atoms with Gasteiger partial charge in [0.2, 0.25) is 15.9 Å². The van der Waals surface area contributed by atoms with Gasteiger partial charge in [0.25, 0.3) is 0 Å². The Balaban J connectivity index is 1.48. The lowest BCUT2D eigenvalue weighted by Crippen LogP contribution is -2.43. The van der Waals surface area contributed by atoms with E-state index < -0.39 is 10.0 Å². The summed E-state index contributed by atoms with van der Waals surface area (Å²) in [6.07, 6.45) is 1.10. The predicted molar refractivity (Wildman–Crippen MR) is 111 cm³/mol. The van der Waals surface area contributed by atoms with Crippen LogP contribution in [0.3, 0.4) is 0 Å². The molecule has 0 radical (unpaired) electrons. The normalized spacial score (nSPS) is 16.4. The summed E-state index contributed by atoms with van der Waals surface area (Å²) < 4.78 is 26.7. The van der Waals surface area contributed by atoms with Gasteiger partial charge < -0.3 is 5.32 Å². The molecular weight excluding hydrogens is 394 g/mol. The number of hydrogen-bond acceptors (Lipinski definition) is 5. The van der Waals surface area contributed by atoms with E-state index in [9.17, 15) is 13.2 Å². The van der Waals surface area contributed by atoms with E-state index in [2.05, 4.69) is 24.1 Å². The fourth-order valence-electron chi connectivity index (χ4n) is 3.26. The van der Waals surface area contributed by atoms with Crippen molar-refractivity contribution in [3.63, 3.8) is 0 Å². The molecule has 8 heteroatoms. The number of piperidine rings is 1. The van der Waals surface area contributed by atoms with Crippen molar-refractivity contribution in [1.29, 1.82) is 0 Å². The van der Waals surface area contributed by atoms with Crippen LogP contribution in [0, 0.1) is 5.92 Å². The lowest BCUT2D eigenvalue weighted by Gasteiger charge is -2.30. The average Bonchev–Trinajstić information content (AvgIpc) is 3.16. The van der Waals surface area contributed by atoms with Crippen molar-refractivity contribution in [2.24, 2.45) is 5.92 Å². The van der Waals surface area contributed by atoms with Crippen LogP contribution in [0.4, 0.5) is 0 Å². The highest BCUT2D eigenvalue weighted by Crippen LogP contribution is 2.22. The molecule has 0 aliphatic carbocycles. The fourth-order valence-corrected chi connectivity index (χ4v) is 5.66. The van der Waals surface area contributed by atoms with Crippen molar-refractivity contribution in [3.05, 3.63) is 52.0 Å². The molecule has 3 rings (SSSR count). The number of thiazole rings is 1. The monoisotopic (exact) mass is 421 g/mol. The molecule has 1 aliphatic rings. The topological polar surface area (TPSA) is 79.4 Å². The Labute approximate surface area is 171 Å². The molecule has 1 saturated heterocycles. The number of aromatic nitrogens is 1. The Morgan fingerprint density at radius 1 is 1.25 bits per heavy atom. The SMILES string of the molecule is CC(C)c1nc(CNC(=O)C2CCN(S(=O)(=O)Cc3ccccc3)CC2)cs1. The van der Waals surface area contributed by atoms with Gasteiger partial charge in [0.1, 0.15) is 0 Å². The minimum Gasteiger partial charge on any atom is -0.350 e. The molecule has 1 amide bonds. The standard InChI is InChI=1S/C20H27N3O3S2/c1-15(2)20-22-18(13-27-20)12-21-19(24)17-8-10-23(11-9-17)28(25,26)14-16-6-4-3-5-7-16/h3-7,13,15,17H,8-12,14H2,1-2H3,(H,21,24). The zero-order valence-corrected chi connectivity index (χ0v) is 17.9. The van der Waals surface area contributed by atoms with E-state index in [-0.39, 0.29) is 17.6 Å². The largest absolute Gasteiger partial charge is 0.350 e. The molecule has 1 aromatic carbocycles. The number of benzene rings is 1. The summed E-state index contributed by atoms with van der Waals surface area (Å²) in [6, 6.07) is 9.19. The smallest absolute Gasteiger partial charge is 0.223 e. The van der Waals surface area contributed by atoms with E-state index >= 15 is 0 Å². The molecular formula is C20H27N3O3S2. The third-order valence-corrected chi connectivity index (χ3v) is 7.96. The van der Waals surface area contributed by atoms with E-state index in [1.54, 1.807) is 11.3 Å². The maximum atomic E-state index is 12.6. The Bertz CT molecular complexity index is 886. The zero-order chi connectivity index (χ0) is 20.1. The molecule has 2 aromatic rings. The summed E-state index contributed by atoms with van der Waals surface area (Å²) in [4.78, 5) is 17.0. The molecule has 28 heavy (non-hydrogen) atoms. The van der Waals surface area contributed by atoms with Crippen LogP contribution in [0.5, 0.6) is 0 Å². The number of nitrogens with one attached hydrogen (secondary N) is 1. The first-order valence-corrected chi connectivity index (χ1v) is 12.1. The second kappa shape index (κ2) is 9.15. The van der Waals surface area contributed by atoms with Crippen LogP contribution in [0.1, 0.15) is 48.9 Å². The number of carbonyl (C=O) groups excluding carboxylic acids is 1. The quantitative estimate of drug-likeness (QED) is 0.745. The van der Waals surface area contributed by atoms with Gasteiger partial charge in [-0.2, -0.15) is 0 Å². The summed E-state index contributed by atoms with van der Waals surface area (Å²) in [6.45, 7) is 5.40. The van der Waals surface area contributed by atoms with E-state index in [0.29, 0.717) is 38.4 Å². The van der Waals surface area contributed by atoms with Crippen LogP contribution >= 0.6 is 11.3 Å². The van der Waals surface area contributed by atoms with Gasteiger partial charge >= 0.3 is 0 Å². The maximum Gasteiger partial charge on any atom is 0.223 e. The third-order valence-electron chi connectivity index (χ3n) is 4.92. The molecule has 1 aliphatic heterocycles. The first-order valence-electron chi connectivity index (χ1n) is 9.59. The highest BCUT2D eigenvalue weighted by atomic mass is 32.2. The van der Waals surface area contributed by atoms with Crippen molar-refractivity contribution in [2.45, 2.75) is 44.9 Å². The molecule has 0 saturated carbocycles. The maximum absolute atomic E-state index is 12.6. The molecule has 6 nitrogen and oxygen atoms in total. The van der Waals surface area contributed by atoms with Gasteiger partial charge in [0, 0.05) is 30.3 Å². The highest BCUT2D eigenvalue weighted by molar-refractivity contribution is 7.88. The van der Waals surface area contributed by atoms with Crippen LogP contribution in [-0.2, 0) is 27.1 Å². The Morgan fingerprint density at radius 2 is 1.93 bits per heavy atom. The first kappa shape index (κ1) is 21.0. The van der Waals surface area contributed by atoms with Crippen LogP contribution in [-0.4, -0.2) is 36.7 Å². The molecule has 1 aromatic heterocycles. The number of carbonyl (C=O) groups is 1. The molecule has 0 spiro atoms. The number of amides is 1. The summed E-state index contributed by atoms with van der Waals surface area (Å²) in [5, 5.41) is 6.00. The van der Waals surface area contributed by atoms with E-state index in [1.807, 2.05) is 35.7 Å². The Kier molecular flexibility index (Phi) is 6.85. The van der Waals surface area contributed by atoms with Gasteiger partial charge in [-0.3, -0.25) is 4.79 Å². The lowest BCUT2D eigenvalue weighted by molar-refractivity contribution is -0.126. The highest BCUT2D eigenvalue weighted by Gasteiger charge is 2.31. The summed E-state index contributed by atoms with van der Waals surface area (Å²) in [5.41, 5.74) is 1.66. The van der Waals surface area contributed by atoms with Crippen molar-refractivity contribution >= 4 is 27.3 Å². The van der Waals surface area contributed by atoms with Gasteiger partial charge in [-0.05, 0) is 18.4 Å². The molecule has 0 atom stereocenters. The molecule has 152 valence electrons. The van der Waals surface area contributed by atoms with Gasteiger partial charge in [-0.15, -0.1) is 11.3 Å². The third kappa shape index (κ3) is 5.40. The lowest BCUT2D eigenvalue weighted by atomic mass is 9.97. The Hall–Kier alpha value is -1.77. The van der Waals surface area contributed by atoms with Gasteiger partial charge in [-0.1, -0.05) is 44.2 Å². The minimum atomic E-state index is -3.35. The molecule has 1 fully saturated rings. The molecule has 1 N–H and O–H groups in total. The van der Waals surface area contributed by atoms with Crippen LogP contribution in [0.25, 0.3) is 0 Å². The number of nitrogens with zero attached hydrogens (tertiary/aromatic N) is 2. The van der Waals surface area contributed by atoms with E-state index in [1.165, 1.54) is 4.31 Å². The van der Waals surface area contributed by atoms with Crippen LogP contribution in [0.15, 0.2) is 35.7 Å². The van der Waals surface area contributed by atoms with Crippen molar-refractivity contribution in [3.8, 4) is 0 Å². The fraction of sp³-hybridized carbons (Fsp3) is 0.500. The van der Waals surface area contributed by atoms with Gasteiger partial charge in [0.05, 0.1) is 23.0 Å².